The normalized spacial score (nSPS) is 33.2. The van der Waals surface area contributed by atoms with Gasteiger partial charge in [0.15, 0.2) is 7.98 Å². The minimum absolute atomic E-state index is 0.166. The Bertz CT molecular complexity index is 316. The molecule has 17 heavy (non-hydrogen) atoms. The van der Waals surface area contributed by atoms with Crippen molar-refractivity contribution in [3.63, 3.8) is 0 Å². The summed E-state index contributed by atoms with van der Waals surface area (Å²) in [6.45, 7) is 1.06. The summed E-state index contributed by atoms with van der Waals surface area (Å²) in [5.41, 5.74) is 5.58. The lowest BCUT2D eigenvalue weighted by molar-refractivity contribution is -0.135. The Kier molecular flexibility index (Phi) is 3.40. The van der Waals surface area contributed by atoms with E-state index in [0.717, 1.165) is 6.54 Å². The van der Waals surface area contributed by atoms with E-state index < -0.39 is 12.5 Å². The Labute approximate surface area is 101 Å². The molecule has 7 heteroatoms. The van der Waals surface area contributed by atoms with Crippen molar-refractivity contribution >= 4 is 13.9 Å². The fraction of sp³-hybridized carbons (Fsp3) is 0.900. The van der Waals surface area contributed by atoms with Gasteiger partial charge in [0.25, 0.3) is 5.92 Å². The molecular weight excluding hydrogens is 227 g/mol. The maximum absolute atomic E-state index is 13.1. The zero-order valence-electron chi connectivity index (χ0n) is 10.0. The highest BCUT2D eigenvalue weighted by Gasteiger charge is 2.44. The predicted octanol–water partition coefficient (Wildman–Crippen LogP) is -0.949. The van der Waals surface area contributed by atoms with Crippen LogP contribution in [0.1, 0.15) is 12.8 Å². The summed E-state index contributed by atoms with van der Waals surface area (Å²) in [5, 5.41) is 0. The Morgan fingerprint density at radius 3 is 2.71 bits per heavy atom. The van der Waals surface area contributed by atoms with Crippen molar-refractivity contribution in [1.82, 2.24) is 9.71 Å². The van der Waals surface area contributed by atoms with Gasteiger partial charge in [-0.1, -0.05) is 0 Å². The van der Waals surface area contributed by atoms with Gasteiger partial charge in [0.2, 0.25) is 5.91 Å². The first-order chi connectivity index (χ1) is 7.93. The van der Waals surface area contributed by atoms with Crippen molar-refractivity contribution in [1.29, 1.82) is 0 Å². The molecule has 1 amide bonds. The fourth-order valence-electron chi connectivity index (χ4n) is 2.70. The monoisotopic (exact) mass is 245 g/mol. The van der Waals surface area contributed by atoms with E-state index in [-0.39, 0.29) is 24.9 Å². The third kappa shape index (κ3) is 2.60. The van der Waals surface area contributed by atoms with Gasteiger partial charge in [0, 0.05) is 13.0 Å². The number of likely N-dealkylation sites (tertiary alicyclic amines) is 1. The van der Waals surface area contributed by atoms with Crippen molar-refractivity contribution in [3.05, 3.63) is 0 Å². The van der Waals surface area contributed by atoms with E-state index in [0.29, 0.717) is 18.9 Å². The molecule has 2 aliphatic rings. The molecule has 2 saturated heterocycles. The van der Waals surface area contributed by atoms with Crippen LogP contribution >= 0.6 is 0 Å². The SMILES string of the molecule is BN1CC(CN)CC1C(=O)N1CCC(F)(F)C1. The average molecular weight is 245 g/mol. The largest absolute Gasteiger partial charge is 0.338 e. The number of nitrogens with zero attached hydrogens (tertiary/aromatic N) is 2. The van der Waals surface area contributed by atoms with E-state index >= 15 is 0 Å². The van der Waals surface area contributed by atoms with Gasteiger partial charge >= 0.3 is 0 Å². The predicted molar refractivity (Wildman–Crippen MR) is 62.3 cm³/mol. The van der Waals surface area contributed by atoms with Gasteiger partial charge in [-0.15, -0.1) is 0 Å². The van der Waals surface area contributed by atoms with Crippen molar-refractivity contribution in [2.24, 2.45) is 11.7 Å². The molecule has 0 spiro atoms. The summed E-state index contributed by atoms with van der Waals surface area (Å²) in [6.07, 6.45) is 0.476. The van der Waals surface area contributed by atoms with Crippen molar-refractivity contribution < 1.29 is 13.6 Å². The minimum Gasteiger partial charge on any atom is -0.338 e. The molecule has 2 fully saturated rings. The standard InChI is InChI=1S/C10H18BF2N3O/c11-16-5-7(4-14)3-8(16)9(17)15-2-1-10(12,13)6-15/h7-8H,1-6,11,14H2. The maximum atomic E-state index is 13.1. The zero-order chi connectivity index (χ0) is 12.6. The second-order valence-electron chi connectivity index (χ2n) is 5.16. The van der Waals surface area contributed by atoms with E-state index in [2.05, 4.69) is 0 Å². The van der Waals surface area contributed by atoms with Gasteiger partial charge in [0.05, 0.1) is 12.6 Å². The summed E-state index contributed by atoms with van der Waals surface area (Å²) >= 11 is 0. The highest BCUT2D eigenvalue weighted by atomic mass is 19.3. The van der Waals surface area contributed by atoms with Gasteiger partial charge in [-0.2, -0.15) is 0 Å². The molecule has 2 heterocycles. The molecule has 2 N–H and O–H groups in total. The Hall–Kier alpha value is -0.685. The van der Waals surface area contributed by atoms with Crippen LogP contribution in [0.2, 0.25) is 0 Å². The first kappa shape index (κ1) is 12.8. The van der Waals surface area contributed by atoms with Crippen LogP contribution in [0.15, 0.2) is 0 Å². The smallest absolute Gasteiger partial charge is 0.267 e. The summed E-state index contributed by atoms with van der Waals surface area (Å²) in [6, 6.07) is -0.266. The van der Waals surface area contributed by atoms with E-state index in [1.54, 1.807) is 0 Å². The first-order valence-electron chi connectivity index (χ1n) is 6.00. The number of alkyl halides is 2. The van der Waals surface area contributed by atoms with Gasteiger partial charge in [-0.05, 0) is 25.4 Å². The molecule has 4 nitrogen and oxygen atoms in total. The summed E-state index contributed by atoms with van der Waals surface area (Å²) in [7, 11) is 1.85. The second kappa shape index (κ2) is 4.53. The van der Waals surface area contributed by atoms with Crippen LogP contribution in [0.4, 0.5) is 8.78 Å². The van der Waals surface area contributed by atoms with E-state index in [1.807, 2.05) is 12.8 Å². The van der Waals surface area contributed by atoms with Gasteiger partial charge < -0.3 is 15.4 Å². The zero-order valence-corrected chi connectivity index (χ0v) is 10.0. The lowest BCUT2D eigenvalue weighted by Gasteiger charge is -2.24. The average Bonchev–Trinajstić information content (AvgIpc) is 2.80. The molecule has 0 saturated carbocycles. The molecule has 2 aliphatic heterocycles. The molecule has 0 aromatic carbocycles. The van der Waals surface area contributed by atoms with Crippen LogP contribution in [0, 0.1) is 5.92 Å². The Balaban J connectivity index is 1.97. The number of hydrogen-bond acceptors (Lipinski definition) is 3. The topological polar surface area (TPSA) is 49.6 Å². The van der Waals surface area contributed by atoms with Gasteiger partial charge in [-0.3, -0.25) is 4.79 Å². The van der Waals surface area contributed by atoms with Crippen molar-refractivity contribution in [2.75, 3.05) is 26.2 Å². The van der Waals surface area contributed by atoms with Crippen LogP contribution in [0.5, 0.6) is 0 Å². The molecule has 0 aliphatic carbocycles. The molecule has 0 aromatic heterocycles. The summed E-state index contributed by atoms with van der Waals surface area (Å²) in [5.74, 6) is -2.57. The molecule has 2 atom stereocenters. The highest BCUT2D eigenvalue weighted by molar-refractivity contribution is 6.07. The maximum Gasteiger partial charge on any atom is 0.267 e. The number of carbonyl (C=O) groups excluding carboxylic acids is 1. The fourth-order valence-corrected chi connectivity index (χ4v) is 2.70. The number of carbonyl (C=O) groups is 1. The van der Waals surface area contributed by atoms with E-state index in [1.165, 1.54) is 4.90 Å². The summed E-state index contributed by atoms with van der Waals surface area (Å²) in [4.78, 5) is 15.3. The number of halogens is 2. The Morgan fingerprint density at radius 2 is 2.24 bits per heavy atom. The van der Waals surface area contributed by atoms with Crippen molar-refractivity contribution in [3.8, 4) is 0 Å². The number of hydrogen-bond donors (Lipinski definition) is 1. The van der Waals surface area contributed by atoms with Crippen LogP contribution in [-0.2, 0) is 4.79 Å². The number of nitrogens with two attached hydrogens (primary N) is 1. The number of amides is 1. The second-order valence-corrected chi connectivity index (χ2v) is 5.16. The third-order valence-corrected chi connectivity index (χ3v) is 3.73. The van der Waals surface area contributed by atoms with Crippen LogP contribution < -0.4 is 5.73 Å². The van der Waals surface area contributed by atoms with Crippen LogP contribution in [0.25, 0.3) is 0 Å². The van der Waals surface area contributed by atoms with Crippen molar-refractivity contribution in [2.45, 2.75) is 24.8 Å². The van der Waals surface area contributed by atoms with E-state index in [9.17, 15) is 13.6 Å². The highest BCUT2D eigenvalue weighted by Crippen LogP contribution is 2.29. The Morgan fingerprint density at radius 1 is 1.53 bits per heavy atom. The molecule has 0 bridgehead atoms. The quantitative estimate of drug-likeness (QED) is 0.638. The van der Waals surface area contributed by atoms with Gasteiger partial charge in [0.1, 0.15) is 0 Å². The number of rotatable bonds is 2. The van der Waals surface area contributed by atoms with Gasteiger partial charge in [-0.25, -0.2) is 8.78 Å². The van der Waals surface area contributed by atoms with Crippen LogP contribution in [-0.4, -0.2) is 61.7 Å². The summed E-state index contributed by atoms with van der Waals surface area (Å²) < 4.78 is 26.1. The molecular formula is C10H18BF2N3O. The molecule has 2 rings (SSSR count). The third-order valence-electron chi connectivity index (χ3n) is 3.73. The molecule has 2 unspecified atom stereocenters. The lowest BCUT2D eigenvalue weighted by atomic mass is 10.1. The molecule has 0 radical (unpaired) electrons. The molecule has 0 aromatic rings. The molecule has 96 valence electrons. The van der Waals surface area contributed by atoms with Crippen LogP contribution in [0.3, 0.4) is 0 Å². The first-order valence-corrected chi connectivity index (χ1v) is 6.00. The van der Waals surface area contributed by atoms with E-state index in [4.69, 9.17) is 5.73 Å². The minimum atomic E-state index is -2.71. The lowest BCUT2D eigenvalue weighted by Crippen LogP contribution is -2.44.